The second-order valence-electron chi connectivity index (χ2n) is 7.12. The molecule has 1 unspecified atom stereocenters. The number of carbonyl (C=O) groups is 1. The predicted molar refractivity (Wildman–Crippen MR) is 92.0 cm³/mol. The standard InChI is InChI=1S/C18H21Cl2NO2/c1-23-11-4-2-3-10(9-11)21-17(22)16-12-5-7-14-15(18(14,19)20)8-6-13(12)16/h2-4,9,12-16H,5-8H2,1H3,(H,21,22)/t12-,13-,14-,15+,16?/m0/s1. The van der Waals surface area contributed by atoms with Gasteiger partial charge in [0.25, 0.3) is 0 Å². The van der Waals surface area contributed by atoms with Crippen molar-refractivity contribution in [3.63, 3.8) is 0 Å². The Hall–Kier alpha value is -0.930. The van der Waals surface area contributed by atoms with E-state index in [-0.39, 0.29) is 11.8 Å². The molecule has 3 fully saturated rings. The minimum atomic E-state index is -0.491. The highest BCUT2D eigenvalue weighted by atomic mass is 35.5. The molecule has 5 heteroatoms. The summed E-state index contributed by atoms with van der Waals surface area (Å²) in [5.41, 5.74) is 0.803. The Morgan fingerprint density at radius 1 is 1.17 bits per heavy atom. The summed E-state index contributed by atoms with van der Waals surface area (Å²) in [7, 11) is 1.63. The normalized spacial score (nSPS) is 36.7. The topological polar surface area (TPSA) is 38.3 Å². The van der Waals surface area contributed by atoms with E-state index in [4.69, 9.17) is 27.9 Å². The number of amides is 1. The van der Waals surface area contributed by atoms with Crippen LogP contribution in [0.2, 0.25) is 0 Å². The molecule has 5 atom stereocenters. The maximum atomic E-state index is 12.6. The number of fused-ring (bicyclic) bond motifs is 2. The monoisotopic (exact) mass is 353 g/mol. The molecular weight excluding hydrogens is 333 g/mol. The van der Waals surface area contributed by atoms with E-state index in [1.54, 1.807) is 7.11 Å². The van der Waals surface area contributed by atoms with Crippen LogP contribution < -0.4 is 10.1 Å². The molecule has 23 heavy (non-hydrogen) atoms. The lowest BCUT2D eigenvalue weighted by molar-refractivity contribution is -0.117. The lowest BCUT2D eigenvalue weighted by atomic mass is 10.0. The van der Waals surface area contributed by atoms with Gasteiger partial charge in [0.05, 0.1) is 7.11 Å². The zero-order valence-electron chi connectivity index (χ0n) is 13.1. The highest BCUT2D eigenvalue weighted by Gasteiger charge is 2.65. The Morgan fingerprint density at radius 2 is 1.83 bits per heavy atom. The van der Waals surface area contributed by atoms with Crippen LogP contribution in [0.1, 0.15) is 25.7 Å². The lowest BCUT2D eigenvalue weighted by Gasteiger charge is -2.07. The molecule has 3 saturated carbocycles. The fourth-order valence-electron chi connectivity index (χ4n) is 4.54. The summed E-state index contributed by atoms with van der Waals surface area (Å²) in [5.74, 6) is 2.94. The van der Waals surface area contributed by atoms with E-state index >= 15 is 0 Å². The summed E-state index contributed by atoms with van der Waals surface area (Å²) >= 11 is 12.7. The smallest absolute Gasteiger partial charge is 0.228 e. The van der Waals surface area contributed by atoms with Crippen molar-refractivity contribution in [1.82, 2.24) is 0 Å². The van der Waals surface area contributed by atoms with Gasteiger partial charge in [-0.25, -0.2) is 0 Å². The van der Waals surface area contributed by atoms with Crippen molar-refractivity contribution < 1.29 is 9.53 Å². The molecule has 3 aliphatic carbocycles. The van der Waals surface area contributed by atoms with Crippen molar-refractivity contribution in [3.05, 3.63) is 24.3 Å². The SMILES string of the molecule is COc1cccc(NC(=O)C2[C@H]3CC[C@@H]4[C@H](CC[C@H]23)C4(Cl)Cl)c1. The lowest BCUT2D eigenvalue weighted by Crippen LogP contribution is -2.15. The molecule has 0 aromatic heterocycles. The molecular formula is C18H21Cl2NO2. The highest BCUT2D eigenvalue weighted by Crippen LogP contribution is 2.67. The van der Waals surface area contributed by atoms with Crippen molar-refractivity contribution in [2.24, 2.45) is 29.6 Å². The van der Waals surface area contributed by atoms with Crippen molar-refractivity contribution in [2.45, 2.75) is 30.0 Å². The number of carbonyl (C=O) groups excluding carboxylic acids is 1. The van der Waals surface area contributed by atoms with E-state index < -0.39 is 4.33 Å². The fourth-order valence-corrected chi connectivity index (χ4v) is 5.46. The Labute approximate surface area is 146 Å². The van der Waals surface area contributed by atoms with Crippen LogP contribution in [0.3, 0.4) is 0 Å². The number of methoxy groups -OCH3 is 1. The number of alkyl halides is 2. The second-order valence-corrected chi connectivity index (χ2v) is 8.56. The van der Waals surface area contributed by atoms with Gasteiger partial charge < -0.3 is 10.1 Å². The third-order valence-corrected chi connectivity index (χ3v) is 7.08. The van der Waals surface area contributed by atoms with Gasteiger partial charge in [0, 0.05) is 17.7 Å². The minimum absolute atomic E-state index is 0.145. The number of hydrogen-bond acceptors (Lipinski definition) is 2. The van der Waals surface area contributed by atoms with Crippen molar-refractivity contribution in [2.75, 3.05) is 12.4 Å². The van der Waals surface area contributed by atoms with Crippen LogP contribution in [0.5, 0.6) is 5.75 Å². The molecule has 4 rings (SSSR count). The molecule has 3 aliphatic rings. The average molecular weight is 354 g/mol. The Balaban J connectivity index is 1.38. The van der Waals surface area contributed by atoms with E-state index in [1.807, 2.05) is 24.3 Å². The number of halogens is 2. The van der Waals surface area contributed by atoms with E-state index in [9.17, 15) is 4.79 Å². The number of rotatable bonds is 3. The molecule has 0 radical (unpaired) electrons. The third-order valence-electron chi connectivity index (χ3n) is 5.96. The first-order chi connectivity index (χ1) is 11.0. The van der Waals surface area contributed by atoms with Crippen molar-refractivity contribution >= 4 is 34.8 Å². The first-order valence-electron chi connectivity index (χ1n) is 8.35. The first-order valence-corrected chi connectivity index (χ1v) is 9.10. The van der Waals surface area contributed by atoms with Gasteiger partial charge in [-0.15, -0.1) is 23.2 Å². The zero-order chi connectivity index (χ0) is 16.2. The number of ether oxygens (including phenoxy) is 1. The molecule has 0 bridgehead atoms. The van der Waals surface area contributed by atoms with E-state index in [1.165, 1.54) is 0 Å². The predicted octanol–water partition coefficient (Wildman–Crippen LogP) is 4.49. The second kappa shape index (κ2) is 5.56. The van der Waals surface area contributed by atoms with Gasteiger partial charge in [-0.3, -0.25) is 4.79 Å². The summed E-state index contributed by atoms with van der Waals surface area (Å²) in [6.07, 6.45) is 4.26. The summed E-state index contributed by atoms with van der Waals surface area (Å²) in [4.78, 5) is 12.6. The summed E-state index contributed by atoms with van der Waals surface area (Å²) in [5, 5.41) is 3.04. The Kier molecular flexibility index (Phi) is 3.77. The van der Waals surface area contributed by atoms with Gasteiger partial charge in [-0.2, -0.15) is 0 Å². The molecule has 1 N–H and O–H groups in total. The Bertz CT molecular complexity index is 611. The molecule has 3 nitrogen and oxygen atoms in total. The van der Waals surface area contributed by atoms with Crippen LogP contribution >= 0.6 is 23.2 Å². The maximum Gasteiger partial charge on any atom is 0.228 e. The summed E-state index contributed by atoms with van der Waals surface area (Å²) in [6.45, 7) is 0. The van der Waals surface area contributed by atoms with Crippen LogP contribution in [-0.2, 0) is 4.79 Å². The van der Waals surface area contributed by atoms with Crippen molar-refractivity contribution in [1.29, 1.82) is 0 Å². The first kappa shape index (κ1) is 15.6. The molecule has 0 spiro atoms. The molecule has 0 saturated heterocycles. The van der Waals surface area contributed by atoms with Gasteiger partial charge >= 0.3 is 0 Å². The number of nitrogens with one attached hydrogen (secondary N) is 1. The number of anilines is 1. The van der Waals surface area contributed by atoms with Crippen molar-refractivity contribution in [3.8, 4) is 5.75 Å². The average Bonchev–Trinajstić information content (AvgIpc) is 3.32. The number of benzene rings is 1. The third kappa shape index (κ3) is 2.72. The maximum absolute atomic E-state index is 12.6. The molecule has 1 amide bonds. The Morgan fingerprint density at radius 3 is 2.43 bits per heavy atom. The van der Waals surface area contributed by atoms with Gasteiger partial charge in [0.1, 0.15) is 10.1 Å². The minimum Gasteiger partial charge on any atom is -0.497 e. The van der Waals surface area contributed by atoms with Gasteiger partial charge in [0.15, 0.2) is 0 Å². The van der Waals surface area contributed by atoms with Gasteiger partial charge in [-0.1, -0.05) is 6.07 Å². The molecule has 1 aromatic carbocycles. The largest absolute Gasteiger partial charge is 0.497 e. The van der Waals surface area contributed by atoms with Gasteiger partial charge in [-0.05, 0) is 61.5 Å². The summed E-state index contributed by atoms with van der Waals surface area (Å²) in [6, 6.07) is 7.51. The molecule has 124 valence electrons. The van der Waals surface area contributed by atoms with Crippen LogP contribution in [0.25, 0.3) is 0 Å². The van der Waals surface area contributed by atoms with Gasteiger partial charge in [0.2, 0.25) is 5.91 Å². The molecule has 0 aliphatic heterocycles. The quantitative estimate of drug-likeness (QED) is 0.813. The number of hydrogen-bond donors (Lipinski definition) is 1. The van der Waals surface area contributed by atoms with E-state index in [2.05, 4.69) is 5.32 Å². The van der Waals surface area contributed by atoms with E-state index in [0.29, 0.717) is 23.7 Å². The molecule has 1 aromatic rings. The zero-order valence-corrected chi connectivity index (χ0v) is 14.6. The molecule has 0 heterocycles. The van der Waals surface area contributed by atoms with E-state index in [0.717, 1.165) is 37.1 Å². The van der Waals surface area contributed by atoms with Crippen LogP contribution in [0.15, 0.2) is 24.3 Å². The highest BCUT2D eigenvalue weighted by molar-refractivity contribution is 6.51. The fraction of sp³-hybridized carbons (Fsp3) is 0.611. The van der Waals surface area contributed by atoms with Crippen LogP contribution in [0.4, 0.5) is 5.69 Å². The van der Waals surface area contributed by atoms with Crippen LogP contribution in [-0.4, -0.2) is 17.4 Å². The van der Waals surface area contributed by atoms with Crippen LogP contribution in [0, 0.1) is 29.6 Å². The summed E-state index contributed by atoms with van der Waals surface area (Å²) < 4.78 is 4.71.